The number of methoxy groups -OCH3 is 1. The number of hydrogen-bond donors (Lipinski definition) is 0. The molecule has 0 atom stereocenters. The van der Waals surface area contributed by atoms with Crippen molar-refractivity contribution in [2.75, 3.05) is 13.7 Å². The quantitative estimate of drug-likeness (QED) is 0.570. The lowest BCUT2D eigenvalue weighted by Crippen LogP contribution is -2.02. The van der Waals surface area contributed by atoms with Crippen LogP contribution in [0.15, 0.2) is 48.5 Å². The fourth-order valence-electron chi connectivity index (χ4n) is 2.91. The van der Waals surface area contributed by atoms with Crippen molar-refractivity contribution < 1.29 is 4.74 Å². The molecule has 0 fully saturated rings. The lowest BCUT2D eigenvalue weighted by atomic mass is 10.1. The fourth-order valence-corrected chi connectivity index (χ4v) is 2.91. The molecule has 0 amide bonds. The summed E-state index contributed by atoms with van der Waals surface area (Å²) in [5.41, 5.74) is 6.83. The highest BCUT2D eigenvalue weighted by atomic mass is 16.5. The average molecular weight is 323 g/mol. The molecule has 2 heteroatoms. The van der Waals surface area contributed by atoms with Crippen LogP contribution < -0.4 is 0 Å². The van der Waals surface area contributed by atoms with Crippen molar-refractivity contribution in [2.45, 2.75) is 40.7 Å². The van der Waals surface area contributed by atoms with Crippen molar-refractivity contribution in [1.29, 1.82) is 0 Å². The Labute approximate surface area is 146 Å². The van der Waals surface area contributed by atoms with E-state index in [0.29, 0.717) is 0 Å². The molecule has 24 heavy (non-hydrogen) atoms. The molecule has 0 saturated carbocycles. The van der Waals surface area contributed by atoms with E-state index in [1.807, 2.05) is 0 Å². The van der Waals surface area contributed by atoms with E-state index >= 15 is 0 Å². The van der Waals surface area contributed by atoms with Gasteiger partial charge in [-0.25, -0.2) is 0 Å². The van der Waals surface area contributed by atoms with E-state index in [-0.39, 0.29) is 0 Å². The Kier molecular flexibility index (Phi) is 6.62. The van der Waals surface area contributed by atoms with Crippen LogP contribution in [0.25, 0.3) is 10.9 Å². The first-order valence-corrected chi connectivity index (χ1v) is 8.61. The highest BCUT2D eigenvalue weighted by Crippen LogP contribution is 2.19. The van der Waals surface area contributed by atoms with Gasteiger partial charge in [0.1, 0.15) is 0 Å². The molecule has 1 heterocycles. The minimum atomic E-state index is 0.825. The predicted octanol–water partition coefficient (Wildman–Crippen LogP) is 5.60. The van der Waals surface area contributed by atoms with Crippen LogP contribution in [0.1, 0.15) is 28.8 Å². The normalized spacial score (nSPS) is 10.5. The van der Waals surface area contributed by atoms with Gasteiger partial charge >= 0.3 is 0 Å². The zero-order valence-corrected chi connectivity index (χ0v) is 15.6. The third-order valence-corrected chi connectivity index (χ3v) is 4.62. The smallest absolute Gasteiger partial charge is 0.0482 e. The molecule has 0 radical (unpaired) electrons. The van der Waals surface area contributed by atoms with Gasteiger partial charge in [-0.2, -0.15) is 0 Å². The molecule has 2 aromatic carbocycles. The minimum Gasteiger partial charge on any atom is -0.385 e. The van der Waals surface area contributed by atoms with Gasteiger partial charge < -0.3 is 9.30 Å². The van der Waals surface area contributed by atoms with Crippen molar-refractivity contribution in [1.82, 2.24) is 4.57 Å². The molecule has 0 saturated heterocycles. The Morgan fingerprint density at radius 1 is 0.875 bits per heavy atom. The SMILES string of the molecule is COCCCn1c(C)cc2ccccc21.Cc1cccc(C)c1C. The number of ether oxygens (including phenoxy) is 1. The van der Waals surface area contributed by atoms with Crippen LogP contribution in [0.3, 0.4) is 0 Å². The lowest BCUT2D eigenvalue weighted by Gasteiger charge is -2.07. The topological polar surface area (TPSA) is 14.2 Å². The summed E-state index contributed by atoms with van der Waals surface area (Å²) < 4.78 is 7.43. The lowest BCUT2D eigenvalue weighted by molar-refractivity contribution is 0.190. The van der Waals surface area contributed by atoms with E-state index in [1.54, 1.807) is 7.11 Å². The highest BCUT2D eigenvalue weighted by Gasteiger charge is 2.03. The van der Waals surface area contributed by atoms with Crippen molar-refractivity contribution >= 4 is 10.9 Å². The van der Waals surface area contributed by atoms with E-state index in [9.17, 15) is 0 Å². The maximum absolute atomic E-state index is 5.08. The van der Waals surface area contributed by atoms with E-state index in [1.165, 1.54) is 33.3 Å². The summed E-state index contributed by atoms with van der Waals surface area (Å²) in [5.74, 6) is 0. The Hall–Kier alpha value is -2.06. The van der Waals surface area contributed by atoms with Crippen LogP contribution >= 0.6 is 0 Å². The monoisotopic (exact) mass is 323 g/mol. The molecule has 0 spiro atoms. The molecular formula is C22H29NO. The summed E-state index contributed by atoms with van der Waals surface area (Å²) in [7, 11) is 1.75. The molecule has 1 aromatic heterocycles. The van der Waals surface area contributed by atoms with Crippen LogP contribution in [-0.2, 0) is 11.3 Å². The minimum absolute atomic E-state index is 0.825. The van der Waals surface area contributed by atoms with Crippen molar-refractivity contribution in [3.63, 3.8) is 0 Å². The van der Waals surface area contributed by atoms with Gasteiger partial charge in [-0.15, -0.1) is 0 Å². The zero-order valence-electron chi connectivity index (χ0n) is 15.6. The first-order valence-electron chi connectivity index (χ1n) is 8.61. The van der Waals surface area contributed by atoms with Crippen molar-refractivity contribution in [2.24, 2.45) is 0 Å². The van der Waals surface area contributed by atoms with Gasteiger partial charge in [-0.1, -0.05) is 36.4 Å². The Morgan fingerprint density at radius 3 is 2.17 bits per heavy atom. The van der Waals surface area contributed by atoms with E-state index in [0.717, 1.165) is 19.6 Å². The van der Waals surface area contributed by atoms with Crippen LogP contribution in [-0.4, -0.2) is 18.3 Å². The predicted molar refractivity (Wildman–Crippen MR) is 104 cm³/mol. The maximum atomic E-state index is 5.08. The van der Waals surface area contributed by atoms with Gasteiger partial charge in [0.25, 0.3) is 0 Å². The number of aryl methyl sites for hydroxylation is 4. The van der Waals surface area contributed by atoms with Gasteiger partial charge in [0, 0.05) is 31.5 Å². The molecule has 0 N–H and O–H groups in total. The number of para-hydroxylation sites is 1. The van der Waals surface area contributed by atoms with E-state index < -0.39 is 0 Å². The van der Waals surface area contributed by atoms with Gasteiger partial charge in [-0.3, -0.25) is 0 Å². The number of benzene rings is 2. The molecule has 0 unspecified atom stereocenters. The zero-order chi connectivity index (χ0) is 17.5. The molecular weight excluding hydrogens is 294 g/mol. The second kappa shape index (κ2) is 8.70. The Bertz CT molecular complexity index is 766. The molecule has 0 aliphatic heterocycles. The number of nitrogens with zero attached hydrogens (tertiary/aromatic N) is 1. The van der Waals surface area contributed by atoms with Gasteiger partial charge in [0.2, 0.25) is 0 Å². The summed E-state index contributed by atoms with van der Waals surface area (Å²) in [6, 6.07) is 17.1. The van der Waals surface area contributed by atoms with Crippen LogP contribution in [0.2, 0.25) is 0 Å². The molecule has 0 bridgehead atoms. The third kappa shape index (κ3) is 4.48. The Morgan fingerprint density at radius 2 is 1.54 bits per heavy atom. The largest absolute Gasteiger partial charge is 0.385 e. The van der Waals surface area contributed by atoms with Gasteiger partial charge in [0.05, 0.1) is 0 Å². The first kappa shape index (κ1) is 18.3. The maximum Gasteiger partial charge on any atom is 0.0482 e. The summed E-state index contributed by atoms with van der Waals surface area (Å²) in [5, 5.41) is 1.33. The fraction of sp³-hybridized carbons (Fsp3) is 0.364. The number of rotatable bonds is 4. The van der Waals surface area contributed by atoms with E-state index in [4.69, 9.17) is 4.74 Å². The number of fused-ring (bicyclic) bond motifs is 1. The highest BCUT2D eigenvalue weighted by molar-refractivity contribution is 5.81. The molecule has 3 aromatic rings. The standard InChI is InChI=1S/C13H17NO.C9H12/c1-11-10-12-6-3-4-7-13(12)14(11)8-5-9-15-2;1-7-5-4-6-8(2)9(7)3/h3-4,6-7,10H,5,8-9H2,1-2H3;4-6H,1-3H3. The van der Waals surface area contributed by atoms with Gasteiger partial charge in [-0.05, 0) is 68.3 Å². The molecule has 3 rings (SSSR count). The van der Waals surface area contributed by atoms with Crippen LogP contribution in [0, 0.1) is 27.7 Å². The van der Waals surface area contributed by atoms with Crippen molar-refractivity contribution in [3.8, 4) is 0 Å². The summed E-state index contributed by atoms with van der Waals surface area (Å²) in [4.78, 5) is 0. The summed E-state index contributed by atoms with van der Waals surface area (Å²) in [6.45, 7) is 10.5. The first-order chi connectivity index (χ1) is 11.5. The van der Waals surface area contributed by atoms with Crippen LogP contribution in [0.5, 0.6) is 0 Å². The Balaban J connectivity index is 0.000000198. The third-order valence-electron chi connectivity index (χ3n) is 4.62. The van der Waals surface area contributed by atoms with Gasteiger partial charge in [0.15, 0.2) is 0 Å². The molecule has 0 aliphatic carbocycles. The summed E-state index contributed by atoms with van der Waals surface area (Å²) >= 11 is 0. The van der Waals surface area contributed by atoms with Crippen LogP contribution in [0.4, 0.5) is 0 Å². The van der Waals surface area contributed by atoms with E-state index in [2.05, 4.69) is 80.8 Å². The average Bonchev–Trinajstić information content (AvgIpc) is 2.89. The summed E-state index contributed by atoms with van der Waals surface area (Å²) in [6.07, 6.45) is 1.07. The number of aromatic nitrogens is 1. The second-order valence-electron chi connectivity index (χ2n) is 6.36. The number of hydrogen-bond acceptors (Lipinski definition) is 1. The molecule has 128 valence electrons. The van der Waals surface area contributed by atoms with Crippen molar-refractivity contribution in [3.05, 3.63) is 70.9 Å². The molecule has 0 aliphatic rings. The molecule has 2 nitrogen and oxygen atoms in total. The second-order valence-corrected chi connectivity index (χ2v) is 6.36.